The number of hydrogen-bond donors (Lipinski definition) is 0. The molecule has 1 aliphatic heterocycles. The molecule has 0 fully saturated rings. The van der Waals surface area contributed by atoms with E-state index in [4.69, 9.17) is 5.26 Å². The Morgan fingerprint density at radius 2 is 2.00 bits per heavy atom. The molecule has 3 heteroatoms. The molecule has 0 unspecified atom stereocenters. The highest BCUT2D eigenvalue weighted by Gasteiger charge is 2.42. The highest BCUT2D eigenvalue weighted by Crippen LogP contribution is 2.39. The molecule has 2 nitrogen and oxygen atoms in total. The summed E-state index contributed by atoms with van der Waals surface area (Å²) < 4.78 is 2.33. The lowest BCUT2D eigenvalue weighted by atomic mass is 9.82. The monoisotopic (exact) mass is 340 g/mol. The van der Waals surface area contributed by atoms with E-state index in [9.17, 15) is 0 Å². The van der Waals surface area contributed by atoms with Crippen LogP contribution in [0.5, 0.6) is 0 Å². The van der Waals surface area contributed by atoms with Gasteiger partial charge in [0.2, 0.25) is 5.69 Å². The summed E-state index contributed by atoms with van der Waals surface area (Å²) in [5, 5.41) is 8.96. The zero-order valence-corrected chi connectivity index (χ0v) is 12.9. The molecule has 2 rings (SSSR count). The van der Waals surface area contributed by atoms with Crippen molar-refractivity contribution in [2.24, 2.45) is 0 Å². The summed E-state index contributed by atoms with van der Waals surface area (Å²) in [4.78, 5) is 0. The van der Waals surface area contributed by atoms with Gasteiger partial charge in [-0.1, -0.05) is 0 Å². The first-order valence-corrected chi connectivity index (χ1v) is 5.68. The minimum atomic E-state index is 0. The summed E-state index contributed by atoms with van der Waals surface area (Å²) in [7, 11) is 0. The summed E-state index contributed by atoms with van der Waals surface area (Å²) in [6, 6.07) is 8.20. The lowest BCUT2D eigenvalue weighted by molar-refractivity contribution is -0.434. The van der Waals surface area contributed by atoms with Crippen LogP contribution >= 0.6 is 0 Å². The molecule has 0 N–H and O–H groups in total. The van der Waals surface area contributed by atoms with Gasteiger partial charge in [-0.25, -0.2) is 0 Å². The molecule has 0 spiro atoms. The van der Waals surface area contributed by atoms with Crippen LogP contribution in [-0.4, -0.2) is 16.8 Å². The van der Waals surface area contributed by atoms with E-state index in [0.29, 0.717) is 0 Å². The van der Waals surface area contributed by atoms with Crippen LogP contribution in [0.2, 0.25) is 0 Å². The number of halogens is 1. The Hall–Kier alpha value is -0.890. The number of nitrogens with zero attached hydrogens (tertiary/aromatic N) is 2. The highest BCUT2D eigenvalue weighted by molar-refractivity contribution is 5.93. The minimum absolute atomic E-state index is 0. The maximum Gasteiger partial charge on any atom is 0.209 e. The molecule has 0 saturated heterocycles. The van der Waals surface area contributed by atoms with Gasteiger partial charge in [0.25, 0.3) is 0 Å². The summed E-state index contributed by atoms with van der Waals surface area (Å²) in [6.45, 7) is 9.76. The van der Waals surface area contributed by atoms with Crippen molar-refractivity contribution >= 4 is 11.4 Å². The molecule has 0 aliphatic carbocycles. The quantitative estimate of drug-likeness (QED) is 0.521. The largest absolute Gasteiger partial charge is 1.00 e. The third-order valence-corrected chi connectivity index (χ3v) is 3.72. The third-order valence-electron chi connectivity index (χ3n) is 3.72. The Morgan fingerprint density at radius 3 is 2.53 bits per heavy atom. The smallest absolute Gasteiger partial charge is 0.209 e. The fourth-order valence-corrected chi connectivity index (χ4v) is 2.46. The van der Waals surface area contributed by atoms with E-state index in [2.05, 4.69) is 44.4 Å². The topological polar surface area (TPSA) is 26.8 Å². The van der Waals surface area contributed by atoms with E-state index in [0.717, 1.165) is 12.1 Å². The van der Waals surface area contributed by atoms with Gasteiger partial charge in [0.1, 0.15) is 6.54 Å². The second kappa shape index (κ2) is 4.77. The van der Waals surface area contributed by atoms with E-state index in [1.165, 1.54) is 17.0 Å². The van der Waals surface area contributed by atoms with Gasteiger partial charge in [0.15, 0.2) is 5.71 Å². The average molecular weight is 340 g/mol. The van der Waals surface area contributed by atoms with Crippen LogP contribution in [0, 0.1) is 11.3 Å². The van der Waals surface area contributed by atoms with Crippen LogP contribution < -0.4 is 24.0 Å². The Balaban J connectivity index is 0.00000144. The van der Waals surface area contributed by atoms with E-state index in [1.54, 1.807) is 0 Å². The molecule has 0 amide bonds. The van der Waals surface area contributed by atoms with Crippen molar-refractivity contribution in [3.05, 3.63) is 29.3 Å². The first-order valence-electron chi connectivity index (χ1n) is 5.68. The predicted octanol–water partition coefficient (Wildman–Crippen LogP) is -0.0217. The first-order chi connectivity index (χ1) is 7.52. The Bertz CT molecular complexity index is 522. The lowest BCUT2D eigenvalue weighted by Gasteiger charge is -2.14. The standard InChI is InChI=1S/C14H17N2.HI/c1-5-16-10(2)14(3,4)12-8-11(9-15)6-7-13(12)16;/h6-8H,5H2,1-4H3;1H/q+1;/p-1. The Labute approximate surface area is 120 Å². The molecule has 1 aromatic rings. The molecule has 0 radical (unpaired) electrons. The van der Waals surface area contributed by atoms with Crippen LogP contribution in [0.1, 0.15) is 38.8 Å². The van der Waals surface area contributed by atoms with Gasteiger partial charge in [0, 0.05) is 18.6 Å². The maximum atomic E-state index is 8.96. The molecule has 1 heterocycles. The van der Waals surface area contributed by atoms with Crippen LogP contribution in [0.4, 0.5) is 5.69 Å². The zero-order valence-electron chi connectivity index (χ0n) is 10.7. The molecule has 0 atom stereocenters. The molecule has 90 valence electrons. The van der Waals surface area contributed by atoms with Crippen molar-refractivity contribution in [2.75, 3.05) is 6.54 Å². The van der Waals surface area contributed by atoms with Crippen molar-refractivity contribution in [3.63, 3.8) is 0 Å². The van der Waals surface area contributed by atoms with Crippen LogP contribution in [0.3, 0.4) is 0 Å². The van der Waals surface area contributed by atoms with Crippen molar-refractivity contribution in [2.45, 2.75) is 33.1 Å². The summed E-state index contributed by atoms with van der Waals surface area (Å²) in [6.07, 6.45) is 0. The van der Waals surface area contributed by atoms with Gasteiger partial charge in [-0.3, -0.25) is 0 Å². The minimum Gasteiger partial charge on any atom is -1.00 e. The molecule has 1 aromatic carbocycles. The van der Waals surface area contributed by atoms with E-state index < -0.39 is 0 Å². The fourth-order valence-electron chi connectivity index (χ4n) is 2.46. The van der Waals surface area contributed by atoms with E-state index >= 15 is 0 Å². The Morgan fingerprint density at radius 1 is 1.35 bits per heavy atom. The zero-order chi connectivity index (χ0) is 11.9. The number of hydrogen-bond acceptors (Lipinski definition) is 1. The van der Waals surface area contributed by atoms with E-state index in [1.807, 2.05) is 12.1 Å². The number of nitriles is 1. The van der Waals surface area contributed by atoms with Gasteiger partial charge in [-0.15, -0.1) is 0 Å². The van der Waals surface area contributed by atoms with Crippen LogP contribution in [0.15, 0.2) is 18.2 Å². The average Bonchev–Trinajstić information content (AvgIpc) is 2.47. The van der Waals surface area contributed by atoms with Crippen LogP contribution in [-0.2, 0) is 5.41 Å². The number of benzene rings is 1. The molecule has 0 saturated carbocycles. The molecule has 0 aromatic heterocycles. The predicted molar refractivity (Wildman–Crippen MR) is 65.3 cm³/mol. The van der Waals surface area contributed by atoms with Gasteiger partial charge in [-0.05, 0) is 32.9 Å². The second-order valence-corrected chi connectivity index (χ2v) is 4.80. The van der Waals surface area contributed by atoms with Gasteiger partial charge >= 0.3 is 0 Å². The molecule has 1 aliphatic rings. The summed E-state index contributed by atoms with van der Waals surface area (Å²) in [5.74, 6) is 0. The fraction of sp³-hybridized carbons (Fsp3) is 0.429. The maximum absolute atomic E-state index is 8.96. The van der Waals surface area contributed by atoms with E-state index in [-0.39, 0.29) is 29.4 Å². The number of rotatable bonds is 1. The summed E-state index contributed by atoms with van der Waals surface area (Å²) >= 11 is 0. The van der Waals surface area contributed by atoms with Crippen molar-refractivity contribution in [1.29, 1.82) is 5.26 Å². The molecular weight excluding hydrogens is 323 g/mol. The number of fused-ring (bicyclic) bond motifs is 1. The van der Waals surface area contributed by atoms with Gasteiger partial charge < -0.3 is 24.0 Å². The second-order valence-electron chi connectivity index (χ2n) is 4.80. The van der Waals surface area contributed by atoms with Gasteiger partial charge in [-0.2, -0.15) is 9.84 Å². The first kappa shape index (κ1) is 14.2. The normalized spacial score (nSPS) is 16.2. The third kappa shape index (κ3) is 1.99. The van der Waals surface area contributed by atoms with Crippen LogP contribution in [0.25, 0.3) is 0 Å². The molecule has 0 bridgehead atoms. The highest BCUT2D eigenvalue weighted by atomic mass is 127. The summed E-state index contributed by atoms with van der Waals surface area (Å²) in [5.41, 5.74) is 4.67. The SMILES string of the molecule is CC[N+]1=C(C)C(C)(C)c2cc(C#N)ccc21.[I-]. The van der Waals surface area contributed by atoms with Crippen molar-refractivity contribution in [1.82, 2.24) is 0 Å². The van der Waals surface area contributed by atoms with Crippen molar-refractivity contribution in [3.8, 4) is 6.07 Å². The Kier molecular flexibility index (Phi) is 3.98. The van der Waals surface area contributed by atoms with Crippen molar-refractivity contribution < 1.29 is 28.6 Å². The lowest BCUT2D eigenvalue weighted by Crippen LogP contribution is -3.00. The molecule has 17 heavy (non-hydrogen) atoms. The van der Waals surface area contributed by atoms with Gasteiger partial charge in [0.05, 0.1) is 17.0 Å². The molecular formula is C14H17IN2.